The number of aromatic nitrogens is 3. The number of aryl methyl sites for hydroxylation is 1. The van der Waals surface area contributed by atoms with E-state index in [0.717, 1.165) is 48.8 Å². The minimum Gasteiger partial charge on any atom is -0.378 e. The molecule has 5 heteroatoms. The first-order valence-corrected chi connectivity index (χ1v) is 9.19. The van der Waals surface area contributed by atoms with Gasteiger partial charge in [0.15, 0.2) is 5.82 Å². The molecular formula is C20H25N5. The third kappa shape index (κ3) is 3.23. The molecule has 1 aliphatic carbocycles. The molecule has 0 amide bonds. The highest BCUT2D eigenvalue weighted by molar-refractivity contribution is 5.63. The van der Waals surface area contributed by atoms with Crippen LogP contribution in [-0.4, -0.2) is 35.6 Å². The van der Waals surface area contributed by atoms with E-state index in [9.17, 15) is 0 Å². The molecule has 25 heavy (non-hydrogen) atoms. The predicted molar refractivity (Wildman–Crippen MR) is 102 cm³/mol. The second-order valence-electron chi connectivity index (χ2n) is 7.02. The summed E-state index contributed by atoms with van der Waals surface area (Å²) in [5, 5.41) is 0. The minimum absolute atomic E-state index is 0.747. The quantitative estimate of drug-likeness (QED) is 0.857. The standard InChI is InChI=1S/C20H25N5/c1-24(2)15-10-11-21-18(14-15)19-22-17-9-7-8-16(17)20(23-19)25-12-5-3-4-6-13-25/h5,10-12,14H,3-4,6-9,13H2,1-2H3. The van der Waals surface area contributed by atoms with Gasteiger partial charge in [0.05, 0.1) is 0 Å². The van der Waals surface area contributed by atoms with Crippen molar-refractivity contribution < 1.29 is 0 Å². The van der Waals surface area contributed by atoms with E-state index in [4.69, 9.17) is 9.97 Å². The van der Waals surface area contributed by atoms with Crippen LogP contribution >= 0.6 is 0 Å². The fourth-order valence-electron chi connectivity index (χ4n) is 3.58. The Balaban J connectivity index is 1.79. The summed E-state index contributed by atoms with van der Waals surface area (Å²) in [5.74, 6) is 1.84. The monoisotopic (exact) mass is 335 g/mol. The fraction of sp³-hybridized carbons (Fsp3) is 0.450. The Labute approximate surface area is 149 Å². The van der Waals surface area contributed by atoms with Crippen molar-refractivity contribution in [3.63, 3.8) is 0 Å². The zero-order chi connectivity index (χ0) is 17.2. The van der Waals surface area contributed by atoms with E-state index in [1.54, 1.807) is 0 Å². The molecule has 2 aliphatic rings. The first kappa shape index (κ1) is 16.1. The predicted octanol–water partition coefficient (Wildman–Crippen LogP) is 3.60. The van der Waals surface area contributed by atoms with Crippen molar-refractivity contribution in [3.8, 4) is 11.5 Å². The highest BCUT2D eigenvalue weighted by Crippen LogP contribution is 2.32. The molecule has 0 fully saturated rings. The van der Waals surface area contributed by atoms with Gasteiger partial charge in [-0.3, -0.25) is 4.98 Å². The number of nitrogens with zero attached hydrogens (tertiary/aromatic N) is 5. The number of hydrogen-bond donors (Lipinski definition) is 0. The van der Waals surface area contributed by atoms with Crippen molar-refractivity contribution in [1.29, 1.82) is 0 Å². The molecule has 3 heterocycles. The van der Waals surface area contributed by atoms with Crippen LogP contribution in [0.1, 0.15) is 36.9 Å². The van der Waals surface area contributed by atoms with E-state index >= 15 is 0 Å². The summed E-state index contributed by atoms with van der Waals surface area (Å²) >= 11 is 0. The number of allylic oxidation sites excluding steroid dienone is 1. The molecule has 1 aliphatic heterocycles. The van der Waals surface area contributed by atoms with Crippen LogP contribution in [0.15, 0.2) is 30.6 Å². The van der Waals surface area contributed by atoms with Crippen LogP contribution in [0.25, 0.3) is 11.5 Å². The summed E-state index contributed by atoms with van der Waals surface area (Å²) < 4.78 is 0. The number of fused-ring (bicyclic) bond motifs is 1. The summed E-state index contributed by atoms with van der Waals surface area (Å²) in [6.07, 6.45) is 13.2. The van der Waals surface area contributed by atoms with E-state index in [2.05, 4.69) is 33.1 Å². The average Bonchev–Trinajstić information content (AvgIpc) is 2.94. The first-order valence-electron chi connectivity index (χ1n) is 9.19. The van der Waals surface area contributed by atoms with Gasteiger partial charge in [-0.05, 0) is 50.7 Å². The Morgan fingerprint density at radius 3 is 2.88 bits per heavy atom. The number of hydrogen-bond acceptors (Lipinski definition) is 5. The van der Waals surface area contributed by atoms with Gasteiger partial charge in [-0.25, -0.2) is 9.97 Å². The van der Waals surface area contributed by atoms with E-state index in [1.807, 2.05) is 26.4 Å². The van der Waals surface area contributed by atoms with Crippen LogP contribution < -0.4 is 9.80 Å². The molecule has 2 aromatic rings. The zero-order valence-corrected chi connectivity index (χ0v) is 15.1. The number of rotatable bonds is 3. The van der Waals surface area contributed by atoms with Gasteiger partial charge in [-0.1, -0.05) is 6.08 Å². The maximum Gasteiger partial charge on any atom is 0.180 e. The van der Waals surface area contributed by atoms with E-state index in [-0.39, 0.29) is 0 Å². The van der Waals surface area contributed by atoms with Gasteiger partial charge in [0.1, 0.15) is 11.5 Å². The summed E-state index contributed by atoms with van der Waals surface area (Å²) in [7, 11) is 4.08. The summed E-state index contributed by atoms with van der Waals surface area (Å²) in [6, 6.07) is 4.08. The summed E-state index contributed by atoms with van der Waals surface area (Å²) in [5.41, 5.74) is 4.50. The molecule has 0 radical (unpaired) electrons. The maximum absolute atomic E-state index is 4.96. The van der Waals surface area contributed by atoms with Crippen LogP contribution in [0.4, 0.5) is 11.5 Å². The van der Waals surface area contributed by atoms with Crippen molar-refractivity contribution in [3.05, 3.63) is 41.9 Å². The molecule has 2 aromatic heterocycles. The SMILES string of the molecule is CN(C)c1ccnc(-c2nc3c(c(N4C=CCCCC4)n2)CCC3)c1. The maximum atomic E-state index is 4.96. The van der Waals surface area contributed by atoms with Crippen LogP contribution in [0.2, 0.25) is 0 Å². The molecule has 130 valence electrons. The minimum atomic E-state index is 0.747. The molecule has 0 saturated heterocycles. The molecule has 0 unspecified atom stereocenters. The summed E-state index contributed by atoms with van der Waals surface area (Å²) in [6.45, 7) is 1.03. The Hall–Kier alpha value is -2.43. The van der Waals surface area contributed by atoms with Gasteiger partial charge in [0.25, 0.3) is 0 Å². The smallest absolute Gasteiger partial charge is 0.180 e. The lowest BCUT2D eigenvalue weighted by Gasteiger charge is -2.21. The molecule has 0 bridgehead atoms. The molecule has 0 saturated carbocycles. The zero-order valence-electron chi connectivity index (χ0n) is 15.1. The van der Waals surface area contributed by atoms with Gasteiger partial charge in [-0.2, -0.15) is 0 Å². The van der Waals surface area contributed by atoms with Gasteiger partial charge < -0.3 is 9.80 Å². The molecule has 0 N–H and O–H groups in total. The van der Waals surface area contributed by atoms with Gasteiger partial charge in [0.2, 0.25) is 0 Å². The Morgan fingerprint density at radius 1 is 1.08 bits per heavy atom. The average molecular weight is 335 g/mol. The first-order chi connectivity index (χ1) is 12.2. The highest BCUT2D eigenvalue weighted by Gasteiger charge is 2.23. The lowest BCUT2D eigenvalue weighted by atomic mass is 10.2. The lowest BCUT2D eigenvalue weighted by molar-refractivity contribution is 0.757. The Bertz CT molecular complexity index is 797. The van der Waals surface area contributed by atoms with Crippen molar-refractivity contribution in [1.82, 2.24) is 15.0 Å². The molecule has 0 atom stereocenters. The third-order valence-corrected chi connectivity index (χ3v) is 4.98. The van der Waals surface area contributed by atoms with E-state index in [0.29, 0.717) is 0 Å². The topological polar surface area (TPSA) is 45.2 Å². The van der Waals surface area contributed by atoms with E-state index in [1.165, 1.54) is 30.5 Å². The molecular weight excluding hydrogens is 310 g/mol. The van der Waals surface area contributed by atoms with Crippen LogP contribution in [0.5, 0.6) is 0 Å². The van der Waals surface area contributed by atoms with Crippen molar-refractivity contribution in [2.24, 2.45) is 0 Å². The van der Waals surface area contributed by atoms with Gasteiger partial charge in [-0.15, -0.1) is 0 Å². The van der Waals surface area contributed by atoms with Crippen molar-refractivity contribution in [2.45, 2.75) is 38.5 Å². The largest absolute Gasteiger partial charge is 0.378 e. The van der Waals surface area contributed by atoms with Crippen molar-refractivity contribution >= 4 is 11.5 Å². The van der Waals surface area contributed by atoms with Crippen LogP contribution in [0.3, 0.4) is 0 Å². The van der Waals surface area contributed by atoms with Crippen molar-refractivity contribution in [2.75, 3.05) is 30.4 Å². The molecule has 4 rings (SSSR count). The van der Waals surface area contributed by atoms with Crippen LogP contribution in [-0.2, 0) is 12.8 Å². The van der Waals surface area contributed by atoms with Crippen LogP contribution in [0, 0.1) is 0 Å². The molecule has 0 aromatic carbocycles. The number of anilines is 2. The normalized spacial score (nSPS) is 16.6. The fourth-order valence-corrected chi connectivity index (χ4v) is 3.58. The Kier molecular flexibility index (Phi) is 4.38. The second-order valence-corrected chi connectivity index (χ2v) is 7.02. The van der Waals surface area contributed by atoms with Gasteiger partial charge >= 0.3 is 0 Å². The third-order valence-electron chi connectivity index (χ3n) is 4.98. The van der Waals surface area contributed by atoms with Gasteiger partial charge in [0, 0.05) is 50.0 Å². The van der Waals surface area contributed by atoms with E-state index < -0.39 is 0 Å². The summed E-state index contributed by atoms with van der Waals surface area (Å²) in [4.78, 5) is 18.8. The lowest BCUT2D eigenvalue weighted by Crippen LogP contribution is -2.20. The number of pyridine rings is 1. The molecule has 5 nitrogen and oxygen atoms in total. The molecule has 0 spiro atoms. The second kappa shape index (κ2) is 6.82. The highest BCUT2D eigenvalue weighted by atomic mass is 15.2. The Morgan fingerprint density at radius 2 is 2.00 bits per heavy atom.